The van der Waals surface area contributed by atoms with Crippen molar-refractivity contribution in [3.63, 3.8) is 0 Å². The summed E-state index contributed by atoms with van der Waals surface area (Å²) in [4.78, 5) is 26.1. The van der Waals surface area contributed by atoms with Gasteiger partial charge in [-0.05, 0) is 47.5 Å². The summed E-state index contributed by atoms with van der Waals surface area (Å²) in [6.07, 6.45) is 0.416. The van der Waals surface area contributed by atoms with Gasteiger partial charge in [0.2, 0.25) is 5.91 Å². The Morgan fingerprint density at radius 3 is 2.58 bits per heavy atom. The molecule has 0 radical (unpaired) electrons. The largest absolute Gasteiger partial charge is 0.459 e. The van der Waals surface area contributed by atoms with Gasteiger partial charge in [0.05, 0.1) is 18.9 Å². The van der Waals surface area contributed by atoms with E-state index in [0.29, 0.717) is 11.3 Å². The molecule has 0 spiro atoms. The predicted octanol–water partition coefficient (Wildman–Crippen LogP) is 3.13. The maximum Gasteiger partial charge on any atom is 0.291 e. The van der Waals surface area contributed by atoms with Gasteiger partial charge < -0.3 is 24.5 Å². The Kier molecular flexibility index (Phi) is 6.11. The first-order valence-electron chi connectivity index (χ1n) is 9.76. The third-order valence-corrected chi connectivity index (χ3v) is 5.12. The number of hydrogen-bond acceptors (Lipinski definition) is 5. The lowest BCUT2D eigenvalue weighted by molar-refractivity contribution is -0.155. The molecule has 1 saturated heterocycles. The molecular weight excluding hydrogens is 403 g/mol. The number of carbonyl (C=O) groups is 2. The zero-order valence-corrected chi connectivity index (χ0v) is 16.5. The van der Waals surface area contributed by atoms with Crippen LogP contribution in [-0.2, 0) is 16.1 Å². The molecule has 2 heterocycles. The summed E-state index contributed by atoms with van der Waals surface area (Å²) in [5.41, 5.74) is 1.87. The summed E-state index contributed by atoms with van der Waals surface area (Å²) >= 11 is 0. The smallest absolute Gasteiger partial charge is 0.291 e. The third-order valence-electron chi connectivity index (χ3n) is 5.12. The molecule has 2 aromatic carbocycles. The Morgan fingerprint density at radius 2 is 1.90 bits per heavy atom. The highest BCUT2D eigenvalue weighted by atomic mass is 19.1. The van der Waals surface area contributed by atoms with Gasteiger partial charge in [0.15, 0.2) is 5.76 Å². The fourth-order valence-corrected chi connectivity index (χ4v) is 3.46. The molecule has 3 aromatic rings. The van der Waals surface area contributed by atoms with Crippen LogP contribution in [0.15, 0.2) is 71.3 Å². The van der Waals surface area contributed by atoms with Gasteiger partial charge in [-0.3, -0.25) is 9.59 Å². The van der Waals surface area contributed by atoms with Crippen LogP contribution in [0.5, 0.6) is 0 Å². The Hall–Kier alpha value is -3.49. The molecule has 7 nitrogen and oxygen atoms in total. The minimum atomic E-state index is -1.00. The number of rotatable bonds is 6. The molecule has 2 unspecified atom stereocenters. The Balaban J connectivity index is 1.47. The normalized spacial score (nSPS) is 17.4. The van der Waals surface area contributed by atoms with E-state index in [1.54, 1.807) is 53.4 Å². The number of hydrogen-bond donors (Lipinski definition) is 2. The zero-order valence-electron chi connectivity index (χ0n) is 16.5. The van der Waals surface area contributed by atoms with Crippen LogP contribution < -0.4 is 5.32 Å². The molecule has 1 aliphatic rings. The number of carbonyl (C=O) groups excluding carboxylic acids is 2. The van der Waals surface area contributed by atoms with Crippen molar-refractivity contribution in [1.29, 1.82) is 0 Å². The second-order valence-electron chi connectivity index (χ2n) is 7.23. The number of amides is 2. The summed E-state index contributed by atoms with van der Waals surface area (Å²) in [5, 5.41) is 13.7. The maximum absolute atomic E-state index is 13.2. The van der Waals surface area contributed by atoms with Crippen LogP contribution in [0, 0.1) is 5.82 Å². The van der Waals surface area contributed by atoms with Crippen LogP contribution in [-0.4, -0.2) is 41.1 Å². The molecule has 4 rings (SSSR count). The number of aliphatic hydroxyl groups is 1. The van der Waals surface area contributed by atoms with E-state index < -0.39 is 12.1 Å². The summed E-state index contributed by atoms with van der Waals surface area (Å²) in [5.74, 6) is -0.789. The van der Waals surface area contributed by atoms with Crippen LogP contribution in [0.1, 0.15) is 27.8 Å². The van der Waals surface area contributed by atoms with Crippen LogP contribution in [0.25, 0.3) is 0 Å². The average Bonchev–Trinajstić information content (AvgIpc) is 3.32. The minimum absolute atomic E-state index is 0.0673. The van der Waals surface area contributed by atoms with Gasteiger partial charge in [0, 0.05) is 12.2 Å². The van der Waals surface area contributed by atoms with Crippen LogP contribution >= 0.6 is 0 Å². The van der Waals surface area contributed by atoms with Crippen LogP contribution in [0.3, 0.4) is 0 Å². The number of aliphatic hydroxyl groups excluding tert-OH is 1. The second kappa shape index (κ2) is 9.11. The van der Waals surface area contributed by atoms with Crippen molar-refractivity contribution in [2.45, 2.75) is 18.7 Å². The molecule has 1 fully saturated rings. The molecule has 0 aliphatic carbocycles. The molecule has 2 amide bonds. The molecule has 31 heavy (non-hydrogen) atoms. The lowest BCUT2D eigenvalue weighted by Gasteiger charge is -2.38. The van der Waals surface area contributed by atoms with Crippen LogP contribution in [0.4, 0.5) is 10.1 Å². The van der Waals surface area contributed by atoms with Crippen molar-refractivity contribution < 1.29 is 28.2 Å². The summed E-state index contributed by atoms with van der Waals surface area (Å²) in [7, 11) is 0. The van der Waals surface area contributed by atoms with Crippen molar-refractivity contribution in [3.8, 4) is 0 Å². The number of ether oxygens (including phenoxy) is 1. The fourth-order valence-electron chi connectivity index (χ4n) is 3.46. The van der Waals surface area contributed by atoms with Crippen molar-refractivity contribution in [2.24, 2.45) is 0 Å². The van der Waals surface area contributed by atoms with E-state index in [2.05, 4.69) is 5.32 Å². The molecule has 0 saturated carbocycles. The zero-order chi connectivity index (χ0) is 21.8. The molecule has 8 heteroatoms. The van der Waals surface area contributed by atoms with E-state index >= 15 is 0 Å². The Bertz CT molecular complexity index is 1030. The van der Waals surface area contributed by atoms with Gasteiger partial charge >= 0.3 is 0 Å². The fraction of sp³-hybridized carbons (Fsp3) is 0.217. The van der Waals surface area contributed by atoms with Gasteiger partial charge in [-0.1, -0.05) is 24.3 Å². The van der Waals surface area contributed by atoms with Crippen molar-refractivity contribution in [2.75, 3.05) is 18.5 Å². The first kappa shape index (κ1) is 20.8. The highest BCUT2D eigenvalue weighted by Crippen LogP contribution is 2.27. The number of nitrogens with one attached hydrogen (secondary N) is 1. The highest BCUT2D eigenvalue weighted by molar-refractivity contribution is 6.02. The number of morpholine rings is 1. The van der Waals surface area contributed by atoms with Crippen molar-refractivity contribution in [3.05, 3.63) is 89.6 Å². The first-order chi connectivity index (χ1) is 15.0. The lowest BCUT2D eigenvalue weighted by atomic mass is 9.99. The van der Waals surface area contributed by atoms with Gasteiger partial charge in [-0.2, -0.15) is 0 Å². The number of nitrogens with zero attached hydrogens (tertiary/aromatic N) is 1. The van der Waals surface area contributed by atoms with Crippen molar-refractivity contribution >= 4 is 17.5 Å². The van der Waals surface area contributed by atoms with E-state index in [0.717, 1.165) is 5.56 Å². The maximum atomic E-state index is 13.2. The summed E-state index contributed by atoms with van der Waals surface area (Å²) in [6, 6.07) is 15.1. The Morgan fingerprint density at radius 1 is 1.16 bits per heavy atom. The quantitative estimate of drug-likeness (QED) is 0.634. The van der Waals surface area contributed by atoms with E-state index in [1.807, 2.05) is 0 Å². The summed E-state index contributed by atoms with van der Waals surface area (Å²) < 4.78 is 23.6. The molecule has 2 N–H and O–H groups in total. The summed E-state index contributed by atoms with van der Waals surface area (Å²) in [6.45, 7) is 0.342. The molecule has 1 aromatic heterocycles. The van der Waals surface area contributed by atoms with E-state index in [-0.39, 0.29) is 43.2 Å². The standard InChI is InChI=1S/C23H21FN2O5/c24-17-7-3-15(4-8-17)12-26-19(13-30-14-21(26)27)22(28)16-5-9-18(10-6-16)25-23(29)20-2-1-11-31-20/h1-11,19,22,28H,12-14H2,(H,25,29). The number of benzene rings is 2. The molecule has 160 valence electrons. The molecular formula is C23H21FN2O5. The first-order valence-corrected chi connectivity index (χ1v) is 9.76. The monoisotopic (exact) mass is 424 g/mol. The van der Waals surface area contributed by atoms with E-state index in [4.69, 9.17) is 9.15 Å². The van der Waals surface area contributed by atoms with Gasteiger partial charge in [-0.15, -0.1) is 0 Å². The SMILES string of the molecule is O=C(Nc1ccc(C(O)C2COCC(=O)N2Cc2ccc(F)cc2)cc1)c1ccco1. The number of halogens is 1. The lowest BCUT2D eigenvalue weighted by Crippen LogP contribution is -2.51. The van der Waals surface area contributed by atoms with Gasteiger partial charge in [-0.25, -0.2) is 4.39 Å². The predicted molar refractivity (Wildman–Crippen MR) is 110 cm³/mol. The van der Waals surface area contributed by atoms with E-state index in [9.17, 15) is 19.1 Å². The third kappa shape index (κ3) is 4.82. The second-order valence-corrected chi connectivity index (χ2v) is 7.23. The van der Waals surface area contributed by atoms with Crippen molar-refractivity contribution in [1.82, 2.24) is 4.90 Å². The molecule has 0 bridgehead atoms. The topological polar surface area (TPSA) is 92.0 Å². The molecule has 1 aliphatic heterocycles. The highest BCUT2D eigenvalue weighted by Gasteiger charge is 2.34. The average molecular weight is 424 g/mol. The van der Waals surface area contributed by atoms with Gasteiger partial charge in [0.25, 0.3) is 5.91 Å². The Labute approximate surface area is 178 Å². The van der Waals surface area contributed by atoms with Gasteiger partial charge in [0.1, 0.15) is 18.5 Å². The number of anilines is 1. The molecule has 2 atom stereocenters. The van der Waals surface area contributed by atoms with E-state index in [1.165, 1.54) is 18.4 Å². The minimum Gasteiger partial charge on any atom is -0.459 e. The van der Waals surface area contributed by atoms with Crippen LogP contribution in [0.2, 0.25) is 0 Å². The number of furan rings is 1.